The largest absolute Gasteiger partial charge is 0.349 e. The highest BCUT2D eigenvalue weighted by Gasteiger charge is 2.20. The first-order valence-electron chi connectivity index (χ1n) is 7.69. The maximum Gasteiger partial charge on any atom is 0.273 e. The van der Waals surface area contributed by atoms with Crippen molar-refractivity contribution in [3.05, 3.63) is 48.0 Å². The van der Waals surface area contributed by atoms with Gasteiger partial charge in [-0.1, -0.05) is 17.3 Å². The second kappa shape index (κ2) is 8.44. The van der Waals surface area contributed by atoms with Gasteiger partial charge in [0.2, 0.25) is 0 Å². The number of carbonyl (C=O) groups is 1. The van der Waals surface area contributed by atoms with Crippen LogP contribution in [0.2, 0.25) is 0 Å². The highest BCUT2D eigenvalue weighted by Crippen LogP contribution is 2.22. The fraction of sp³-hybridized carbons (Fsp3) is 0.294. The number of benzene rings is 1. The monoisotopic (exact) mass is 396 g/mol. The van der Waals surface area contributed by atoms with Gasteiger partial charge < -0.3 is 11.1 Å². The molecule has 26 heavy (non-hydrogen) atoms. The lowest BCUT2D eigenvalue weighted by Gasteiger charge is -2.18. The molecule has 0 aliphatic heterocycles. The molecule has 2 heterocycles. The minimum Gasteiger partial charge on any atom is -0.349 e. The molecule has 0 spiro atoms. The molecule has 0 fully saturated rings. The summed E-state index contributed by atoms with van der Waals surface area (Å²) in [5.74, 6) is -0.279. The first-order valence-corrected chi connectivity index (χ1v) is 7.69. The number of nitrogens with two attached hydrogens (primary N) is 1. The van der Waals surface area contributed by atoms with Gasteiger partial charge in [0, 0.05) is 35.2 Å². The molecule has 0 bridgehead atoms. The Balaban J connectivity index is 0.00000169. The molecule has 140 valence electrons. The van der Waals surface area contributed by atoms with Crippen molar-refractivity contribution in [1.82, 2.24) is 25.3 Å². The average molecular weight is 397 g/mol. The zero-order valence-corrected chi connectivity index (χ0v) is 16.4. The van der Waals surface area contributed by atoms with E-state index in [4.69, 9.17) is 5.73 Å². The van der Waals surface area contributed by atoms with E-state index in [9.17, 15) is 4.79 Å². The minimum atomic E-state index is -0.484. The number of nitrogens with zero attached hydrogens (tertiary/aromatic N) is 4. The molecule has 9 heteroatoms. The third-order valence-electron chi connectivity index (χ3n) is 3.70. The van der Waals surface area contributed by atoms with Gasteiger partial charge >= 0.3 is 0 Å². The van der Waals surface area contributed by atoms with E-state index in [-0.39, 0.29) is 30.7 Å². The lowest BCUT2D eigenvalue weighted by Crippen LogP contribution is -2.45. The SMILES string of the molecule is Cc1c(C(=O)NCC(C)(C)N)nnn1-c1cccc2cnccc12.Cl.Cl. The Morgan fingerprint density at radius 3 is 2.69 bits per heavy atom. The molecule has 0 radical (unpaired) electrons. The Kier molecular flexibility index (Phi) is 7.08. The van der Waals surface area contributed by atoms with Crippen molar-refractivity contribution in [3.8, 4) is 5.69 Å². The molecule has 0 saturated carbocycles. The summed E-state index contributed by atoms with van der Waals surface area (Å²) in [6, 6.07) is 7.77. The quantitative estimate of drug-likeness (QED) is 0.705. The summed E-state index contributed by atoms with van der Waals surface area (Å²) in [5.41, 5.74) is 7.24. The molecule has 1 amide bonds. The summed E-state index contributed by atoms with van der Waals surface area (Å²) >= 11 is 0. The third kappa shape index (κ3) is 4.49. The predicted octanol–water partition coefficient (Wildman–Crippen LogP) is 2.43. The number of halogens is 2. The van der Waals surface area contributed by atoms with Crippen LogP contribution in [0, 0.1) is 6.92 Å². The third-order valence-corrected chi connectivity index (χ3v) is 3.70. The Morgan fingerprint density at radius 1 is 1.27 bits per heavy atom. The lowest BCUT2D eigenvalue weighted by atomic mass is 10.1. The van der Waals surface area contributed by atoms with Gasteiger partial charge in [0.15, 0.2) is 5.69 Å². The van der Waals surface area contributed by atoms with Crippen LogP contribution in [0.4, 0.5) is 0 Å². The molecule has 0 atom stereocenters. The number of fused-ring (bicyclic) bond motifs is 1. The van der Waals surface area contributed by atoms with Crippen molar-refractivity contribution in [1.29, 1.82) is 0 Å². The smallest absolute Gasteiger partial charge is 0.273 e. The molecule has 7 nitrogen and oxygen atoms in total. The summed E-state index contributed by atoms with van der Waals surface area (Å²) in [6.07, 6.45) is 3.52. The first kappa shape index (κ1) is 21.8. The van der Waals surface area contributed by atoms with Gasteiger partial charge in [0.25, 0.3) is 5.91 Å². The summed E-state index contributed by atoms with van der Waals surface area (Å²) in [7, 11) is 0. The molecule has 0 aliphatic rings. The molecule has 3 aromatic rings. The van der Waals surface area contributed by atoms with Crippen LogP contribution >= 0.6 is 24.8 Å². The predicted molar refractivity (Wildman–Crippen MR) is 106 cm³/mol. The number of aromatic nitrogens is 4. The normalized spacial score (nSPS) is 10.8. The van der Waals surface area contributed by atoms with E-state index in [0.29, 0.717) is 17.9 Å². The van der Waals surface area contributed by atoms with Crippen molar-refractivity contribution in [3.63, 3.8) is 0 Å². The van der Waals surface area contributed by atoms with Crippen molar-refractivity contribution in [2.45, 2.75) is 26.3 Å². The highest BCUT2D eigenvalue weighted by molar-refractivity contribution is 5.94. The van der Waals surface area contributed by atoms with Gasteiger partial charge in [-0.3, -0.25) is 9.78 Å². The van der Waals surface area contributed by atoms with Crippen LogP contribution in [-0.2, 0) is 0 Å². The first-order chi connectivity index (χ1) is 11.4. The summed E-state index contributed by atoms with van der Waals surface area (Å²) in [5, 5.41) is 13.0. The van der Waals surface area contributed by atoms with E-state index in [1.807, 2.05) is 45.0 Å². The van der Waals surface area contributed by atoms with Gasteiger partial charge in [-0.2, -0.15) is 0 Å². The van der Waals surface area contributed by atoms with E-state index in [2.05, 4.69) is 20.6 Å². The highest BCUT2D eigenvalue weighted by atomic mass is 35.5. The number of amides is 1. The number of rotatable bonds is 4. The van der Waals surface area contributed by atoms with Gasteiger partial charge in [-0.05, 0) is 32.9 Å². The van der Waals surface area contributed by atoms with E-state index in [1.54, 1.807) is 17.1 Å². The number of hydrogen-bond donors (Lipinski definition) is 2. The molecule has 3 N–H and O–H groups in total. The number of carbonyl (C=O) groups excluding carboxylic acids is 1. The van der Waals surface area contributed by atoms with Crippen LogP contribution in [0.15, 0.2) is 36.7 Å². The van der Waals surface area contributed by atoms with Gasteiger partial charge in [0.05, 0.1) is 11.4 Å². The molecular formula is C17H22Cl2N6O. The van der Waals surface area contributed by atoms with Crippen LogP contribution in [0.1, 0.15) is 30.0 Å². The second-order valence-electron chi connectivity index (χ2n) is 6.48. The number of nitrogens with one attached hydrogen (secondary N) is 1. The fourth-order valence-electron chi connectivity index (χ4n) is 2.45. The van der Waals surface area contributed by atoms with Crippen LogP contribution < -0.4 is 11.1 Å². The minimum absolute atomic E-state index is 0. The Hall–Kier alpha value is -2.22. The standard InChI is InChI=1S/C17H20N6O.2ClH/c1-11-15(16(24)20-10-17(2,3)18)21-22-23(11)14-6-4-5-12-9-19-8-7-13(12)14;;/h4-9H,10,18H2,1-3H3,(H,20,24);2*1H. The molecule has 0 saturated heterocycles. The topological polar surface area (TPSA) is 98.7 Å². The molecule has 2 aromatic heterocycles. The van der Waals surface area contributed by atoms with E-state index < -0.39 is 5.54 Å². The Bertz CT molecular complexity index is 898. The zero-order chi connectivity index (χ0) is 17.3. The van der Waals surface area contributed by atoms with E-state index in [0.717, 1.165) is 16.5 Å². The molecule has 0 unspecified atom stereocenters. The van der Waals surface area contributed by atoms with Crippen molar-refractivity contribution in [2.75, 3.05) is 6.54 Å². The van der Waals surface area contributed by atoms with Crippen molar-refractivity contribution < 1.29 is 4.79 Å². The van der Waals surface area contributed by atoms with Crippen molar-refractivity contribution >= 4 is 41.5 Å². The molecule has 1 aromatic carbocycles. The Labute approximate surface area is 164 Å². The summed E-state index contributed by atoms with van der Waals surface area (Å²) < 4.78 is 1.67. The number of hydrogen-bond acceptors (Lipinski definition) is 5. The summed E-state index contributed by atoms with van der Waals surface area (Å²) in [4.78, 5) is 16.5. The van der Waals surface area contributed by atoms with Crippen molar-refractivity contribution in [2.24, 2.45) is 5.73 Å². The molecule has 0 aliphatic carbocycles. The molecule has 3 rings (SSSR count). The molecular weight excluding hydrogens is 375 g/mol. The summed E-state index contributed by atoms with van der Waals surface area (Å²) in [6.45, 7) is 5.88. The van der Waals surface area contributed by atoms with Crippen LogP contribution in [0.25, 0.3) is 16.5 Å². The van der Waals surface area contributed by atoms with E-state index >= 15 is 0 Å². The van der Waals surface area contributed by atoms with Gasteiger partial charge in [-0.25, -0.2) is 4.68 Å². The maximum absolute atomic E-state index is 12.3. The van der Waals surface area contributed by atoms with Gasteiger partial charge in [-0.15, -0.1) is 29.9 Å². The van der Waals surface area contributed by atoms with Crippen LogP contribution in [0.5, 0.6) is 0 Å². The maximum atomic E-state index is 12.3. The van der Waals surface area contributed by atoms with Crippen LogP contribution in [0.3, 0.4) is 0 Å². The lowest BCUT2D eigenvalue weighted by molar-refractivity contribution is 0.0940. The fourth-order valence-corrected chi connectivity index (χ4v) is 2.45. The van der Waals surface area contributed by atoms with Gasteiger partial charge in [0.1, 0.15) is 0 Å². The second-order valence-corrected chi connectivity index (χ2v) is 6.48. The Morgan fingerprint density at radius 2 is 2.00 bits per heavy atom. The average Bonchev–Trinajstić information content (AvgIpc) is 2.93. The number of pyridine rings is 1. The van der Waals surface area contributed by atoms with Crippen LogP contribution in [-0.4, -0.2) is 38.0 Å². The zero-order valence-electron chi connectivity index (χ0n) is 14.8. The van der Waals surface area contributed by atoms with E-state index in [1.165, 1.54) is 0 Å².